The summed E-state index contributed by atoms with van der Waals surface area (Å²) in [6, 6.07) is 4.16. The Morgan fingerprint density at radius 1 is 1.38 bits per heavy atom. The summed E-state index contributed by atoms with van der Waals surface area (Å²) in [6.45, 7) is 1.69. The molecule has 0 amide bonds. The van der Waals surface area contributed by atoms with Crippen LogP contribution in [0.3, 0.4) is 0 Å². The lowest BCUT2D eigenvalue weighted by atomic mass is 9.89. The van der Waals surface area contributed by atoms with Gasteiger partial charge in [-0.2, -0.15) is 0 Å². The molecule has 0 bridgehead atoms. The third-order valence-corrected chi connectivity index (χ3v) is 2.62. The van der Waals surface area contributed by atoms with E-state index in [0.29, 0.717) is 5.56 Å². The van der Waals surface area contributed by atoms with Crippen molar-refractivity contribution in [1.82, 2.24) is 0 Å². The summed E-state index contributed by atoms with van der Waals surface area (Å²) in [7, 11) is 0. The number of nitrogens with two attached hydrogens (primary N) is 1. The molecule has 1 atom stereocenters. The van der Waals surface area contributed by atoms with Gasteiger partial charge in [-0.15, -0.1) is 0 Å². The summed E-state index contributed by atoms with van der Waals surface area (Å²) >= 11 is 0. The van der Waals surface area contributed by atoms with Gasteiger partial charge >= 0.3 is 5.97 Å². The summed E-state index contributed by atoms with van der Waals surface area (Å²) in [5, 5.41) is 27.4. The van der Waals surface area contributed by atoms with E-state index in [1.807, 2.05) is 0 Å². The van der Waals surface area contributed by atoms with Crippen molar-refractivity contribution in [3.63, 3.8) is 0 Å². The van der Waals surface area contributed by atoms with Crippen LogP contribution in [0, 0.1) is 0 Å². The third kappa shape index (κ3) is 2.43. The van der Waals surface area contributed by atoms with Gasteiger partial charge in [0.1, 0.15) is 5.54 Å². The molecule has 0 aliphatic rings. The lowest BCUT2D eigenvalue weighted by molar-refractivity contribution is -0.143. The highest BCUT2D eigenvalue weighted by Gasteiger charge is 2.32. The lowest BCUT2D eigenvalue weighted by Crippen LogP contribution is -2.49. The van der Waals surface area contributed by atoms with Crippen LogP contribution in [-0.2, 0) is 11.2 Å². The molecule has 0 heterocycles. The first-order valence-electron chi connectivity index (χ1n) is 4.92. The van der Waals surface area contributed by atoms with Gasteiger partial charge in [0, 0.05) is 6.42 Å². The molecule has 1 rings (SSSR count). The highest BCUT2D eigenvalue weighted by atomic mass is 16.4. The normalized spacial score (nSPS) is 14.4. The monoisotopic (exact) mass is 225 g/mol. The van der Waals surface area contributed by atoms with E-state index in [9.17, 15) is 9.90 Å². The van der Waals surface area contributed by atoms with Gasteiger partial charge in [0.15, 0.2) is 11.5 Å². The van der Waals surface area contributed by atoms with Gasteiger partial charge in [-0.25, -0.2) is 0 Å². The highest BCUT2D eigenvalue weighted by molar-refractivity contribution is 5.78. The number of phenols is 2. The molecule has 0 radical (unpaired) electrons. The molecule has 5 heteroatoms. The average molecular weight is 225 g/mol. The second-order valence-corrected chi connectivity index (χ2v) is 3.81. The van der Waals surface area contributed by atoms with Gasteiger partial charge in [0.05, 0.1) is 0 Å². The zero-order chi connectivity index (χ0) is 12.3. The first kappa shape index (κ1) is 12.3. The fourth-order valence-corrected chi connectivity index (χ4v) is 1.40. The van der Waals surface area contributed by atoms with E-state index in [2.05, 4.69) is 0 Å². The number of carboxylic acids is 1. The molecule has 0 spiro atoms. The van der Waals surface area contributed by atoms with E-state index in [4.69, 9.17) is 15.9 Å². The highest BCUT2D eigenvalue weighted by Crippen LogP contribution is 2.27. The quantitative estimate of drug-likeness (QED) is 0.568. The van der Waals surface area contributed by atoms with Gasteiger partial charge in [-0.3, -0.25) is 4.79 Å². The third-order valence-electron chi connectivity index (χ3n) is 2.62. The predicted octanol–water partition coefficient (Wildman–Crippen LogP) is 0.832. The Labute approximate surface area is 93.1 Å². The SMILES string of the molecule is CC[C@@](N)(Cc1ccc(O)c(O)c1)C(=O)O. The maximum atomic E-state index is 11.0. The van der Waals surface area contributed by atoms with Crippen molar-refractivity contribution in [3.05, 3.63) is 23.8 Å². The first-order chi connectivity index (χ1) is 7.39. The standard InChI is InChI=1S/C11H15NO4/c1-2-11(12,10(15)16)6-7-3-4-8(13)9(14)5-7/h3-5,13-14H,2,6,12H2,1H3,(H,15,16)/t11-/m1/s1. The van der Waals surface area contributed by atoms with E-state index >= 15 is 0 Å². The largest absolute Gasteiger partial charge is 0.504 e. The number of hydrogen-bond acceptors (Lipinski definition) is 4. The van der Waals surface area contributed by atoms with Gasteiger partial charge in [0.2, 0.25) is 0 Å². The molecule has 1 aromatic rings. The summed E-state index contributed by atoms with van der Waals surface area (Å²) < 4.78 is 0. The van der Waals surface area contributed by atoms with Crippen LogP contribution >= 0.6 is 0 Å². The molecule has 0 saturated heterocycles. The Hall–Kier alpha value is -1.75. The molecule has 5 nitrogen and oxygen atoms in total. The number of hydrogen-bond donors (Lipinski definition) is 4. The van der Waals surface area contributed by atoms with Crippen molar-refractivity contribution in [2.45, 2.75) is 25.3 Å². The summed E-state index contributed by atoms with van der Waals surface area (Å²) in [5.74, 6) is -1.60. The van der Waals surface area contributed by atoms with Crippen LogP contribution in [0.1, 0.15) is 18.9 Å². The zero-order valence-corrected chi connectivity index (χ0v) is 8.97. The van der Waals surface area contributed by atoms with Gasteiger partial charge in [0.25, 0.3) is 0 Å². The molecule has 1 aromatic carbocycles. The number of rotatable bonds is 4. The van der Waals surface area contributed by atoms with Gasteiger partial charge < -0.3 is 21.1 Å². The summed E-state index contributed by atoms with van der Waals surface area (Å²) in [6.07, 6.45) is 0.386. The molecule has 0 aromatic heterocycles. The second kappa shape index (κ2) is 4.40. The molecule has 5 N–H and O–H groups in total. The van der Waals surface area contributed by atoms with Crippen LogP contribution in [0.25, 0.3) is 0 Å². The Morgan fingerprint density at radius 3 is 2.44 bits per heavy atom. The number of phenolic OH excluding ortho intramolecular Hbond substituents is 2. The molecular weight excluding hydrogens is 210 g/mol. The fraction of sp³-hybridized carbons (Fsp3) is 0.364. The van der Waals surface area contributed by atoms with Gasteiger partial charge in [-0.1, -0.05) is 13.0 Å². The average Bonchev–Trinajstić information content (AvgIpc) is 2.23. The molecule has 0 aliphatic heterocycles. The van der Waals surface area contributed by atoms with Crippen LogP contribution in [0.15, 0.2) is 18.2 Å². The first-order valence-corrected chi connectivity index (χ1v) is 4.92. The van der Waals surface area contributed by atoms with E-state index in [-0.39, 0.29) is 24.3 Å². The topological polar surface area (TPSA) is 104 Å². The summed E-state index contributed by atoms with van der Waals surface area (Å²) in [4.78, 5) is 11.0. The number of carboxylic acid groups (broad SMARTS) is 1. The maximum Gasteiger partial charge on any atom is 0.324 e. The molecule has 0 saturated carbocycles. The lowest BCUT2D eigenvalue weighted by Gasteiger charge is -2.22. The number of aliphatic carboxylic acids is 1. The fourth-order valence-electron chi connectivity index (χ4n) is 1.40. The van der Waals surface area contributed by atoms with Crippen molar-refractivity contribution < 1.29 is 20.1 Å². The Bertz CT molecular complexity index is 405. The summed E-state index contributed by atoms with van der Waals surface area (Å²) in [5.41, 5.74) is 4.94. The Kier molecular flexibility index (Phi) is 3.39. The van der Waals surface area contributed by atoms with E-state index in [1.54, 1.807) is 6.92 Å². The van der Waals surface area contributed by atoms with Crippen molar-refractivity contribution in [2.24, 2.45) is 5.73 Å². The molecule has 16 heavy (non-hydrogen) atoms. The predicted molar refractivity (Wildman–Crippen MR) is 58.3 cm³/mol. The number of benzene rings is 1. The van der Waals surface area contributed by atoms with Gasteiger partial charge in [-0.05, 0) is 24.1 Å². The van der Waals surface area contributed by atoms with E-state index < -0.39 is 11.5 Å². The number of aromatic hydroxyl groups is 2. The van der Waals surface area contributed by atoms with Crippen LogP contribution in [0.5, 0.6) is 11.5 Å². The van der Waals surface area contributed by atoms with Crippen molar-refractivity contribution >= 4 is 5.97 Å². The number of carbonyl (C=O) groups is 1. The van der Waals surface area contributed by atoms with Crippen LogP contribution < -0.4 is 5.73 Å². The van der Waals surface area contributed by atoms with Crippen LogP contribution in [0.4, 0.5) is 0 Å². The van der Waals surface area contributed by atoms with Crippen molar-refractivity contribution in [2.75, 3.05) is 0 Å². The van der Waals surface area contributed by atoms with Crippen molar-refractivity contribution in [3.8, 4) is 11.5 Å². The minimum atomic E-state index is -1.34. The molecular formula is C11H15NO4. The molecule has 0 fully saturated rings. The molecule has 88 valence electrons. The maximum absolute atomic E-state index is 11.0. The zero-order valence-electron chi connectivity index (χ0n) is 8.97. The molecule has 0 unspecified atom stereocenters. The van der Waals surface area contributed by atoms with E-state index in [1.165, 1.54) is 18.2 Å². The van der Waals surface area contributed by atoms with Crippen molar-refractivity contribution in [1.29, 1.82) is 0 Å². The smallest absolute Gasteiger partial charge is 0.324 e. The minimum absolute atomic E-state index is 0.104. The molecule has 0 aliphatic carbocycles. The van der Waals surface area contributed by atoms with Crippen LogP contribution in [0.2, 0.25) is 0 Å². The Morgan fingerprint density at radius 2 is 2.00 bits per heavy atom. The van der Waals surface area contributed by atoms with Crippen LogP contribution in [-0.4, -0.2) is 26.8 Å². The second-order valence-electron chi connectivity index (χ2n) is 3.81. The Balaban J connectivity index is 2.95. The minimum Gasteiger partial charge on any atom is -0.504 e. The van der Waals surface area contributed by atoms with E-state index in [0.717, 1.165) is 0 Å².